The molecular formula is C16H18N2O3S. The second kappa shape index (κ2) is 5.98. The smallest absolute Gasteiger partial charge is 0.240 e. The van der Waals surface area contributed by atoms with Crippen LogP contribution >= 0.6 is 0 Å². The van der Waals surface area contributed by atoms with Crippen molar-refractivity contribution >= 4 is 15.7 Å². The summed E-state index contributed by atoms with van der Waals surface area (Å²) in [6.07, 6.45) is 0.856. The number of methoxy groups -OCH3 is 1. The highest BCUT2D eigenvalue weighted by molar-refractivity contribution is 7.89. The van der Waals surface area contributed by atoms with Crippen LogP contribution in [0.15, 0.2) is 47.4 Å². The number of benzene rings is 2. The van der Waals surface area contributed by atoms with E-state index >= 15 is 0 Å². The molecule has 2 aromatic rings. The van der Waals surface area contributed by atoms with E-state index in [0.29, 0.717) is 10.6 Å². The van der Waals surface area contributed by atoms with Crippen LogP contribution in [0.1, 0.15) is 11.1 Å². The second-order valence-electron chi connectivity index (χ2n) is 5.17. The molecule has 2 aromatic carbocycles. The summed E-state index contributed by atoms with van der Waals surface area (Å²) in [6.45, 7) is 1.09. The lowest BCUT2D eigenvalue weighted by atomic mass is 10.2. The average Bonchev–Trinajstić information content (AvgIpc) is 3.01. The maximum atomic E-state index is 12.4. The summed E-state index contributed by atoms with van der Waals surface area (Å²) in [5, 5.41) is 3.22. The van der Waals surface area contributed by atoms with Crippen LogP contribution in [-0.4, -0.2) is 22.1 Å². The molecule has 5 nitrogen and oxygen atoms in total. The zero-order valence-electron chi connectivity index (χ0n) is 12.3. The van der Waals surface area contributed by atoms with E-state index in [1.807, 2.05) is 30.3 Å². The molecule has 0 saturated heterocycles. The van der Waals surface area contributed by atoms with E-state index < -0.39 is 10.0 Å². The number of fused-ring (bicyclic) bond motifs is 1. The van der Waals surface area contributed by atoms with Crippen molar-refractivity contribution in [2.75, 3.05) is 19.0 Å². The third-order valence-electron chi connectivity index (χ3n) is 3.70. The lowest BCUT2D eigenvalue weighted by Crippen LogP contribution is -2.23. The fraction of sp³-hybridized carbons (Fsp3) is 0.250. The molecule has 116 valence electrons. The molecular weight excluding hydrogens is 300 g/mol. The largest absolute Gasteiger partial charge is 0.497 e. The van der Waals surface area contributed by atoms with Gasteiger partial charge < -0.3 is 10.1 Å². The van der Waals surface area contributed by atoms with Crippen LogP contribution in [0.2, 0.25) is 0 Å². The Kier molecular flexibility index (Phi) is 4.04. The number of sulfonamides is 1. The Hall–Kier alpha value is -2.05. The van der Waals surface area contributed by atoms with Gasteiger partial charge in [-0.2, -0.15) is 0 Å². The quantitative estimate of drug-likeness (QED) is 0.886. The van der Waals surface area contributed by atoms with E-state index in [4.69, 9.17) is 4.74 Å². The zero-order valence-corrected chi connectivity index (χ0v) is 13.1. The van der Waals surface area contributed by atoms with E-state index in [1.165, 1.54) is 0 Å². The minimum absolute atomic E-state index is 0.231. The van der Waals surface area contributed by atoms with E-state index in [0.717, 1.165) is 29.8 Å². The van der Waals surface area contributed by atoms with Crippen LogP contribution in [0.3, 0.4) is 0 Å². The fourth-order valence-electron chi connectivity index (χ4n) is 2.49. The van der Waals surface area contributed by atoms with Gasteiger partial charge in [-0.1, -0.05) is 12.1 Å². The molecule has 22 heavy (non-hydrogen) atoms. The van der Waals surface area contributed by atoms with Crippen LogP contribution in [0.25, 0.3) is 0 Å². The molecule has 0 saturated carbocycles. The summed E-state index contributed by atoms with van der Waals surface area (Å²) in [6, 6.07) is 12.5. The lowest BCUT2D eigenvalue weighted by molar-refractivity contribution is 0.414. The van der Waals surface area contributed by atoms with Crippen molar-refractivity contribution in [3.05, 3.63) is 53.6 Å². The molecule has 0 aliphatic carbocycles. The van der Waals surface area contributed by atoms with Gasteiger partial charge in [-0.05, 0) is 47.9 Å². The normalized spacial score (nSPS) is 13.5. The van der Waals surface area contributed by atoms with Gasteiger partial charge >= 0.3 is 0 Å². The maximum Gasteiger partial charge on any atom is 0.240 e. The van der Waals surface area contributed by atoms with Gasteiger partial charge in [0.05, 0.1) is 12.0 Å². The molecule has 0 radical (unpaired) electrons. The monoisotopic (exact) mass is 318 g/mol. The number of rotatable bonds is 5. The van der Waals surface area contributed by atoms with Gasteiger partial charge in [0, 0.05) is 18.8 Å². The Balaban J connectivity index is 1.76. The molecule has 0 spiro atoms. The SMILES string of the molecule is COc1cccc(CNS(=O)(=O)c2ccc3c(c2)CCN3)c1. The predicted molar refractivity (Wildman–Crippen MR) is 85.7 cm³/mol. The number of nitrogens with one attached hydrogen (secondary N) is 2. The van der Waals surface area contributed by atoms with Gasteiger partial charge in [0.2, 0.25) is 10.0 Å². The highest BCUT2D eigenvalue weighted by atomic mass is 32.2. The number of anilines is 1. The Morgan fingerprint density at radius 2 is 2.09 bits per heavy atom. The first-order chi connectivity index (χ1) is 10.6. The topological polar surface area (TPSA) is 67.4 Å². The van der Waals surface area contributed by atoms with Gasteiger partial charge in [-0.3, -0.25) is 0 Å². The van der Waals surface area contributed by atoms with Crippen molar-refractivity contribution in [3.63, 3.8) is 0 Å². The predicted octanol–water partition coefficient (Wildman–Crippen LogP) is 2.14. The minimum atomic E-state index is -3.52. The summed E-state index contributed by atoms with van der Waals surface area (Å²) in [4.78, 5) is 0.304. The molecule has 1 heterocycles. The van der Waals surface area contributed by atoms with E-state index in [1.54, 1.807) is 19.2 Å². The zero-order chi connectivity index (χ0) is 15.6. The van der Waals surface area contributed by atoms with Crippen LogP contribution < -0.4 is 14.8 Å². The third-order valence-corrected chi connectivity index (χ3v) is 5.10. The number of ether oxygens (including phenoxy) is 1. The molecule has 6 heteroatoms. The molecule has 1 aliphatic heterocycles. The molecule has 3 rings (SSSR count). The molecule has 0 atom stereocenters. The maximum absolute atomic E-state index is 12.4. The Bertz CT molecular complexity index is 788. The first-order valence-corrected chi connectivity index (χ1v) is 8.56. The summed E-state index contributed by atoms with van der Waals surface area (Å²) in [7, 11) is -1.93. The van der Waals surface area contributed by atoms with Crippen molar-refractivity contribution in [1.29, 1.82) is 0 Å². The summed E-state index contributed by atoms with van der Waals surface area (Å²) >= 11 is 0. The van der Waals surface area contributed by atoms with Gasteiger partial charge in [0.25, 0.3) is 0 Å². The Labute approximate surface area is 130 Å². The summed E-state index contributed by atoms with van der Waals surface area (Å²) in [5.74, 6) is 0.709. The van der Waals surface area contributed by atoms with E-state index in [9.17, 15) is 8.42 Å². The highest BCUT2D eigenvalue weighted by Gasteiger charge is 2.18. The Morgan fingerprint density at radius 3 is 2.91 bits per heavy atom. The summed E-state index contributed by atoms with van der Waals surface area (Å²) in [5.41, 5.74) is 2.92. The van der Waals surface area contributed by atoms with Crippen molar-refractivity contribution < 1.29 is 13.2 Å². The number of hydrogen-bond donors (Lipinski definition) is 2. The van der Waals surface area contributed by atoms with Gasteiger partial charge in [-0.25, -0.2) is 13.1 Å². The molecule has 0 amide bonds. The van der Waals surface area contributed by atoms with Crippen molar-refractivity contribution in [1.82, 2.24) is 4.72 Å². The van der Waals surface area contributed by atoms with Crippen LogP contribution in [0.5, 0.6) is 5.75 Å². The van der Waals surface area contributed by atoms with E-state index in [2.05, 4.69) is 10.0 Å². The van der Waals surface area contributed by atoms with Crippen molar-refractivity contribution in [2.24, 2.45) is 0 Å². The van der Waals surface area contributed by atoms with Gasteiger partial charge in [0.15, 0.2) is 0 Å². The van der Waals surface area contributed by atoms with Crippen LogP contribution in [-0.2, 0) is 23.0 Å². The first-order valence-electron chi connectivity index (χ1n) is 7.08. The molecule has 0 fully saturated rings. The lowest BCUT2D eigenvalue weighted by Gasteiger charge is -2.09. The van der Waals surface area contributed by atoms with Gasteiger partial charge in [-0.15, -0.1) is 0 Å². The molecule has 0 aromatic heterocycles. The number of hydrogen-bond acceptors (Lipinski definition) is 4. The third kappa shape index (κ3) is 3.08. The first kappa shape index (κ1) is 14.9. The standard InChI is InChI=1S/C16H18N2O3S/c1-21-14-4-2-3-12(9-14)11-18-22(19,20)15-5-6-16-13(10-15)7-8-17-16/h2-6,9-10,17-18H,7-8,11H2,1H3. The Morgan fingerprint density at radius 1 is 1.23 bits per heavy atom. The van der Waals surface area contributed by atoms with Crippen molar-refractivity contribution in [3.8, 4) is 5.75 Å². The highest BCUT2D eigenvalue weighted by Crippen LogP contribution is 2.25. The fourth-order valence-corrected chi connectivity index (χ4v) is 3.56. The molecule has 0 unspecified atom stereocenters. The van der Waals surface area contributed by atoms with E-state index in [-0.39, 0.29) is 6.54 Å². The van der Waals surface area contributed by atoms with Gasteiger partial charge in [0.1, 0.15) is 5.75 Å². The van der Waals surface area contributed by atoms with Crippen LogP contribution in [0.4, 0.5) is 5.69 Å². The van der Waals surface area contributed by atoms with Crippen LogP contribution in [0, 0.1) is 0 Å². The average molecular weight is 318 g/mol. The second-order valence-corrected chi connectivity index (χ2v) is 6.94. The van der Waals surface area contributed by atoms with Crippen molar-refractivity contribution in [2.45, 2.75) is 17.9 Å². The minimum Gasteiger partial charge on any atom is -0.497 e. The summed E-state index contributed by atoms with van der Waals surface area (Å²) < 4.78 is 32.6. The molecule has 0 bridgehead atoms. The molecule has 2 N–H and O–H groups in total. The molecule has 1 aliphatic rings.